The highest BCUT2D eigenvalue weighted by Gasteiger charge is 2.21. The summed E-state index contributed by atoms with van der Waals surface area (Å²) >= 11 is 6.13. The molecular formula is C22H21ClN2O4S. The van der Waals surface area contributed by atoms with Gasteiger partial charge >= 0.3 is 0 Å². The van der Waals surface area contributed by atoms with Crippen LogP contribution in [0.4, 0.5) is 11.4 Å². The molecule has 6 nitrogen and oxygen atoms in total. The normalized spacial score (nSPS) is 11.1. The van der Waals surface area contributed by atoms with Crippen molar-refractivity contribution in [2.45, 2.75) is 18.7 Å². The van der Waals surface area contributed by atoms with E-state index in [1.165, 1.54) is 25.3 Å². The van der Waals surface area contributed by atoms with Gasteiger partial charge in [-0.15, -0.1) is 0 Å². The second kappa shape index (κ2) is 8.77. The zero-order chi connectivity index (χ0) is 21.9. The van der Waals surface area contributed by atoms with Gasteiger partial charge in [0.1, 0.15) is 10.6 Å². The maximum atomic E-state index is 12.8. The summed E-state index contributed by atoms with van der Waals surface area (Å²) in [6, 6.07) is 16.4. The number of hydrogen-bond acceptors (Lipinski definition) is 4. The van der Waals surface area contributed by atoms with Crippen LogP contribution >= 0.6 is 11.6 Å². The largest absolute Gasteiger partial charge is 0.495 e. The van der Waals surface area contributed by atoms with Gasteiger partial charge in [-0.1, -0.05) is 35.4 Å². The lowest BCUT2D eigenvalue weighted by molar-refractivity contribution is 0.102. The van der Waals surface area contributed by atoms with E-state index in [9.17, 15) is 13.2 Å². The van der Waals surface area contributed by atoms with Gasteiger partial charge in [0.05, 0.1) is 17.8 Å². The number of carbonyl (C=O) groups excluding carboxylic acids is 1. The van der Waals surface area contributed by atoms with Gasteiger partial charge in [-0.3, -0.25) is 9.52 Å². The minimum absolute atomic E-state index is 0.0132. The first-order valence-electron chi connectivity index (χ1n) is 9.04. The van der Waals surface area contributed by atoms with E-state index in [-0.39, 0.29) is 15.5 Å². The molecule has 0 aliphatic heterocycles. The third-order valence-electron chi connectivity index (χ3n) is 4.39. The number of hydrogen-bond donors (Lipinski definition) is 2. The van der Waals surface area contributed by atoms with Crippen molar-refractivity contribution in [3.63, 3.8) is 0 Å². The maximum Gasteiger partial charge on any atom is 0.263 e. The molecule has 0 bridgehead atoms. The molecule has 0 heterocycles. The minimum Gasteiger partial charge on any atom is -0.495 e. The molecule has 3 aromatic rings. The average molecular weight is 445 g/mol. The fourth-order valence-corrected chi connectivity index (χ4v) is 4.38. The Labute approximate surface area is 180 Å². The van der Waals surface area contributed by atoms with Crippen LogP contribution in [0.25, 0.3) is 0 Å². The summed E-state index contributed by atoms with van der Waals surface area (Å²) < 4.78 is 33.4. The van der Waals surface area contributed by atoms with Gasteiger partial charge in [0, 0.05) is 11.3 Å². The van der Waals surface area contributed by atoms with Crippen LogP contribution in [0.2, 0.25) is 5.02 Å². The third kappa shape index (κ3) is 4.93. The number of ether oxygens (including phenoxy) is 1. The molecule has 3 aromatic carbocycles. The molecule has 0 aliphatic rings. The molecular weight excluding hydrogens is 424 g/mol. The van der Waals surface area contributed by atoms with E-state index in [0.29, 0.717) is 17.1 Å². The molecule has 0 fully saturated rings. The van der Waals surface area contributed by atoms with E-state index < -0.39 is 15.9 Å². The number of amides is 1. The lowest BCUT2D eigenvalue weighted by Gasteiger charge is -2.13. The van der Waals surface area contributed by atoms with E-state index in [2.05, 4.69) is 10.0 Å². The number of anilines is 2. The van der Waals surface area contributed by atoms with E-state index in [0.717, 1.165) is 11.1 Å². The van der Waals surface area contributed by atoms with Gasteiger partial charge in [-0.2, -0.15) is 0 Å². The minimum atomic E-state index is -3.99. The summed E-state index contributed by atoms with van der Waals surface area (Å²) in [7, 11) is -2.49. The van der Waals surface area contributed by atoms with E-state index in [1.54, 1.807) is 36.4 Å². The van der Waals surface area contributed by atoms with Gasteiger partial charge in [0.2, 0.25) is 0 Å². The first kappa shape index (κ1) is 21.7. The van der Waals surface area contributed by atoms with Crippen LogP contribution < -0.4 is 14.8 Å². The highest BCUT2D eigenvalue weighted by atomic mass is 35.5. The van der Waals surface area contributed by atoms with Crippen LogP contribution in [-0.2, 0) is 10.0 Å². The Morgan fingerprint density at radius 3 is 2.27 bits per heavy atom. The van der Waals surface area contributed by atoms with Gasteiger partial charge in [-0.25, -0.2) is 8.42 Å². The predicted molar refractivity (Wildman–Crippen MR) is 119 cm³/mol. The van der Waals surface area contributed by atoms with Crippen molar-refractivity contribution in [2.75, 3.05) is 17.1 Å². The van der Waals surface area contributed by atoms with Crippen LogP contribution in [-0.4, -0.2) is 21.4 Å². The summed E-state index contributed by atoms with van der Waals surface area (Å²) in [6.45, 7) is 3.79. The molecule has 3 rings (SSSR count). The van der Waals surface area contributed by atoms with E-state index >= 15 is 0 Å². The molecule has 8 heteroatoms. The quantitative estimate of drug-likeness (QED) is 0.559. The van der Waals surface area contributed by atoms with Crippen molar-refractivity contribution in [1.29, 1.82) is 0 Å². The SMILES string of the molecule is COc1ccc(C)cc1NC(=O)c1ccc(Cl)c(S(=O)(=O)Nc2ccc(C)cc2)c1. The van der Waals surface area contributed by atoms with Crippen molar-refractivity contribution in [3.8, 4) is 5.75 Å². The van der Waals surface area contributed by atoms with Crippen LogP contribution in [0.1, 0.15) is 21.5 Å². The molecule has 2 N–H and O–H groups in total. The highest BCUT2D eigenvalue weighted by Crippen LogP contribution is 2.28. The second-order valence-electron chi connectivity index (χ2n) is 6.77. The summed E-state index contributed by atoms with van der Waals surface area (Å²) in [5.41, 5.74) is 2.97. The van der Waals surface area contributed by atoms with Crippen molar-refractivity contribution in [2.24, 2.45) is 0 Å². The lowest BCUT2D eigenvalue weighted by atomic mass is 10.1. The number of halogens is 1. The van der Waals surface area contributed by atoms with E-state index in [4.69, 9.17) is 16.3 Å². The summed E-state index contributed by atoms with van der Waals surface area (Å²) in [6.07, 6.45) is 0. The van der Waals surface area contributed by atoms with Crippen LogP contribution in [0.3, 0.4) is 0 Å². The molecule has 30 heavy (non-hydrogen) atoms. The van der Waals surface area contributed by atoms with Gasteiger partial charge in [0.15, 0.2) is 0 Å². The van der Waals surface area contributed by atoms with Crippen molar-refractivity contribution < 1.29 is 17.9 Å². The van der Waals surface area contributed by atoms with Gasteiger partial charge in [0.25, 0.3) is 15.9 Å². The first-order chi connectivity index (χ1) is 14.2. The fourth-order valence-electron chi connectivity index (χ4n) is 2.80. The van der Waals surface area contributed by atoms with Crippen LogP contribution in [0, 0.1) is 13.8 Å². The highest BCUT2D eigenvalue weighted by molar-refractivity contribution is 7.92. The first-order valence-corrected chi connectivity index (χ1v) is 10.9. The number of benzene rings is 3. The third-order valence-corrected chi connectivity index (χ3v) is 6.25. The number of methoxy groups -OCH3 is 1. The smallest absolute Gasteiger partial charge is 0.263 e. The molecule has 0 spiro atoms. The predicted octanol–water partition coefficient (Wildman–Crippen LogP) is 5.02. The topological polar surface area (TPSA) is 84.5 Å². The Balaban J connectivity index is 1.90. The lowest BCUT2D eigenvalue weighted by Crippen LogP contribution is -2.17. The second-order valence-corrected chi connectivity index (χ2v) is 8.83. The molecule has 0 saturated heterocycles. The van der Waals surface area contributed by atoms with E-state index in [1.807, 2.05) is 19.9 Å². The zero-order valence-corrected chi connectivity index (χ0v) is 18.3. The standard InChI is InChI=1S/C22H21ClN2O4S/c1-14-4-8-17(9-5-14)25-30(27,28)21-13-16(7-10-18(21)23)22(26)24-19-12-15(2)6-11-20(19)29-3/h4-13,25H,1-3H3,(H,24,26). The Kier molecular flexibility index (Phi) is 6.34. The zero-order valence-electron chi connectivity index (χ0n) is 16.7. The van der Waals surface area contributed by atoms with Gasteiger partial charge < -0.3 is 10.1 Å². The number of rotatable bonds is 6. The Bertz CT molecular complexity index is 1190. The Morgan fingerprint density at radius 2 is 1.60 bits per heavy atom. The van der Waals surface area contributed by atoms with Crippen molar-refractivity contribution >= 4 is 38.9 Å². The van der Waals surface area contributed by atoms with Crippen LogP contribution in [0.15, 0.2) is 65.6 Å². The number of nitrogens with one attached hydrogen (secondary N) is 2. The average Bonchev–Trinajstić information content (AvgIpc) is 2.70. The molecule has 0 saturated carbocycles. The summed E-state index contributed by atoms with van der Waals surface area (Å²) in [4.78, 5) is 12.6. The summed E-state index contributed by atoms with van der Waals surface area (Å²) in [5.74, 6) is 0.0131. The Morgan fingerprint density at radius 1 is 0.933 bits per heavy atom. The molecule has 156 valence electrons. The molecule has 1 amide bonds. The van der Waals surface area contributed by atoms with Crippen molar-refractivity contribution in [1.82, 2.24) is 0 Å². The maximum absolute atomic E-state index is 12.8. The van der Waals surface area contributed by atoms with Crippen molar-refractivity contribution in [3.05, 3.63) is 82.4 Å². The molecule has 0 atom stereocenters. The molecule has 0 unspecified atom stereocenters. The number of carbonyl (C=O) groups is 1. The summed E-state index contributed by atoms with van der Waals surface area (Å²) in [5, 5.41) is 2.76. The number of sulfonamides is 1. The van der Waals surface area contributed by atoms with Crippen LogP contribution in [0.5, 0.6) is 5.75 Å². The number of aryl methyl sites for hydroxylation is 2. The molecule has 0 aromatic heterocycles. The Hall–Kier alpha value is -3.03. The fraction of sp³-hybridized carbons (Fsp3) is 0.136. The van der Waals surface area contributed by atoms with Gasteiger partial charge in [-0.05, 0) is 61.9 Å². The monoisotopic (exact) mass is 444 g/mol. The molecule has 0 radical (unpaired) electrons. The molecule has 0 aliphatic carbocycles.